The molecule has 0 saturated heterocycles. The van der Waals surface area contributed by atoms with Crippen LogP contribution < -0.4 is 5.32 Å². The summed E-state index contributed by atoms with van der Waals surface area (Å²) in [5.74, 6) is 0.0161. The number of nitrogens with zero attached hydrogens (tertiary/aromatic N) is 4. The maximum Gasteiger partial charge on any atom is 0.320 e. The second-order valence-electron chi connectivity index (χ2n) is 5.24. The van der Waals surface area contributed by atoms with Crippen LogP contribution in [-0.2, 0) is 11.3 Å². The Kier molecular flexibility index (Phi) is 4.99. The molecular formula is C14H19N5O2. The molecule has 21 heavy (non-hydrogen) atoms. The number of aliphatic carboxylic acids is 1. The summed E-state index contributed by atoms with van der Waals surface area (Å²) < 4.78 is 1.60. The number of hydrogen-bond donors (Lipinski definition) is 2. The van der Waals surface area contributed by atoms with Gasteiger partial charge in [-0.05, 0) is 34.9 Å². The molecule has 112 valence electrons. The van der Waals surface area contributed by atoms with Crippen molar-refractivity contribution >= 4 is 5.97 Å². The molecule has 1 unspecified atom stereocenters. The van der Waals surface area contributed by atoms with Gasteiger partial charge in [-0.15, -0.1) is 5.10 Å². The quantitative estimate of drug-likeness (QED) is 0.797. The Labute approximate surface area is 123 Å². The van der Waals surface area contributed by atoms with Gasteiger partial charge in [-0.2, -0.15) is 4.68 Å². The van der Waals surface area contributed by atoms with Crippen LogP contribution in [0.3, 0.4) is 0 Å². The van der Waals surface area contributed by atoms with Crippen molar-refractivity contribution in [3.63, 3.8) is 0 Å². The minimum atomic E-state index is -0.859. The number of carbonyl (C=O) groups is 1. The van der Waals surface area contributed by atoms with Crippen LogP contribution in [0, 0.1) is 5.92 Å². The molecule has 7 heteroatoms. The summed E-state index contributed by atoms with van der Waals surface area (Å²) in [5, 5.41) is 23.8. The molecule has 2 aromatic rings. The van der Waals surface area contributed by atoms with Crippen molar-refractivity contribution in [3.05, 3.63) is 36.2 Å². The van der Waals surface area contributed by atoms with Gasteiger partial charge in [0.1, 0.15) is 6.04 Å². The fourth-order valence-electron chi connectivity index (χ4n) is 2.04. The van der Waals surface area contributed by atoms with E-state index in [1.54, 1.807) is 4.68 Å². The average molecular weight is 289 g/mol. The number of aromatic nitrogens is 4. The fraction of sp³-hybridized carbons (Fsp3) is 0.429. The van der Waals surface area contributed by atoms with Gasteiger partial charge in [0.15, 0.2) is 5.82 Å². The molecular weight excluding hydrogens is 270 g/mol. The van der Waals surface area contributed by atoms with Gasteiger partial charge in [0.2, 0.25) is 0 Å². The number of benzene rings is 1. The maximum atomic E-state index is 11.2. The molecule has 0 amide bonds. The molecule has 7 nitrogen and oxygen atoms in total. The molecule has 0 aliphatic heterocycles. The highest BCUT2D eigenvalue weighted by Crippen LogP contribution is 2.09. The molecule has 0 radical (unpaired) electrons. The number of hydrogen-bond acceptors (Lipinski definition) is 5. The van der Waals surface area contributed by atoms with Gasteiger partial charge in [0.25, 0.3) is 0 Å². The lowest BCUT2D eigenvalue weighted by atomic mass is 10.0. The summed E-state index contributed by atoms with van der Waals surface area (Å²) in [4.78, 5) is 11.2. The highest BCUT2D eigenvalue weighted by atomic mass is 16.4. The SMILES string of the molecule is CC(C)CC(NCc1nnnn1-c1ccccc1)C(=O)O. The van der Waals surface area contributed by atoms with E-state index in [1.165, 1.54) is 0 Å². The zero-order valence-corrected chi connectivity index (χ0v) is 12.1. The Morgan fingerprint density at radius 2 is 2.05 bits per heavy atom. The second kappa shape index (κ2) is 6.94. The van der Waals surface area contributed by atoms with Gasteiger partial charge in [-0.1, -0.05) is 32.0 Å². The molecule has 0 bridgehead atoms. The van der Waals surface area contributed by atoms with Crippen molar-refractivity contribution < 1.29 is 9.90 Å². The predicted molar refractivity (Wildman–Crippen MR) is 76.9 cm³/mol. The van der Waals surface area contributed by atoms with Crippen LogP contribution in [0.2, 0.25) is 0 Å². The Morgan fingerprint density at radius 3 is 2.67 bits per heavy atom. The number of tetrazole rings is 1. The van der Waals surface area contributed by atoms with Gasteiger partial charge >= 0.3 is 5.97 Å². The summed E-state index contributed by atoms with van der Waals surface area (Å²) >= 11 is 0. The molecule has 0 aliphatic carbocycles. The lowest BCUT2D eigenvalue weighted by Crippen LogP contribution is -2.37. The van der Waals surface area contributed by atoms with Crippen molar-refractivity contribution in [2.45, 2.75) is 32.9 Å². The molecule has 1 aromatic carbocycles. The van der Waals surface area contributed by atoms with E-state index in [2.05, 4.69) is 20.8 Å². The zero-order valence-electron chi connectivity index (χ0n) is 12.1. The van der Waals surface area contributed by atoms with Gasteiger partial charge in [-0.25, -0.2) is 0 Å². The predicted octanol–water partition coefficient (Wildman–Crippen LogP) is 1.25. The largest absolute Gasteiger partial charge is 0.480 e. The number of rotatable bonds is 7. The fourth-order valence-corrected chi connectivity index (χ4v) is 2.04. The van der Waals surface area contributed by atoms with E-state index in [-0.39, 0.29) is 0 Å². The molecule has 0 aliphatic rings. The van der Waals surface area contributed by atoms with Crippen molar-refractivity contribution in [2.75, 3.05) is 0 Å². The molecule has 1 aromatic heterocycles. The monoisotopic (exact) mass is 289 g/mol. The first-order valence-electron chi connectivity index (χ1n) is 6.86. The number of carboxylic acids is 1. The van der Waals surface area contributed by atoms with E-state index in [1.807, 2.05) is 44.2 Å². The number of nitrogens with one attached hydrogen (secondary N) is 1. The summed E-state index contributed by atoms with van der Waals surface area (Å²) in [6.45, 7) is 4.28. The smallest absolute Gasteiger partial charge is 0.320 e. The average Bonchev–Trinajstić information content (AvgIpc) is 2.92. The van der Waals surface area contributed by atoms with Crippen molar-refractivity contribution in [2.24, 2.45) is 5.92 Å². The van der Waals surface area contributed by atoms with Crippen LogP contribution in [0.4, 0.5) is 0 Å². The third kappa shape index (κ3) is 4.09. The van der Waals surface area contributed by atoms with Gasteiger partial charge in [0, 0.05) is 0 Å². The molecule has 0 spiro atoms. The van der Waals surface area contributed by atoms with E-state index in [9.17, 15) is 9.90 Å². The molecule has 2 rings (SSSR count). The van der Waals surface area contributed by atoms with E-state index in [4.69, 9.17) is 0 Å². The van der Waals surface area contributed by atoms with Gasteiger partial charge < -0.3 is 5.11 Å². The van der Waals surface area contributed by atoms with Crippen molar-refractivity contribution in [1.82, 2.24) is 25.5 Å². The Bertz CT molecular complexity index is 582. The highest BCUT2D eigenvalue weighted by molar-refractivity contribution is 5.73. The van der Waals surface area contributed by atoms with Crippen LogP contribution in [0.1, 0.15) is 26.1 Å². The van der Waals surface area contributed by atoms with Crippen LogP contribution in [0.25, 0.3) is 5.69 Å². The van der Waals surface area contributed by atoms with E-state index >= 15 is 0 Å². The van der Waals surface area contributed by atoms with E-state index in [0.717, 1.165) is 5.69 Å². The Hall–Kier alpha value is -2.28. The summed E-state index contributed by atoms with van der Waals surface area (Å²) in [7, 11) is 0. The van der Waals surface area contributed by atoms with Gasteiger partial charge in [0.05, 0.1) is 12.2 Å². The minimum absolute atomic E-state index is 0.295. The molecule has 1 atom stereocenters. The first-order valence-corrected chi connectivity index (χ1v) is 6.86. The summed E-state index contributed by atoms with van der Waals surface area (Å²) in [6, 6.07) is 8.88. The lowest BCUT2D eigenvalue weighted by molar-refractivity contribution is -0.140. The molecule has 0 saturated carbocycles. The van der Waals surface area contributed by atoms with Crippen LogP contribution in [0.15, 0.2) is 30.3 Å². The summed E-state index contributed by atoms with van der Waals surface area (Å²) in [5.41, 5.74) is 0.843. The summed E-state index contributed by atoms with van der Waals surface area (Å²) in [6.07, 6.45) is 0.558. The second-order valence-corrected chi connectivity index (χ2v) is 5.24. The number of carboxylic acid groups (broad SMARTS) is 1. The number of para-hydroxylation sites is 1. The van der Waals surface area contributed by atoms with Crippen molar-refractivity contribution in [3.8, 4) is 5.69 Å². The Morgan fingerprint density at radius 1 is 1.33 bits per heavy atom. The van der Waals surface area contributed by atoms with Crippen molar-refractivity contribution in [1.29, 1.82) is 0 Å². The molecule has 2 N–H and O–H groups in total. The normalized spacial score (nSPS) is 12.5. The standard InChI is InChI=1S/C14H19N5O2/c1-10(2)8-12(14(20)21)15-9-13-16-17-18-19(13)11-6-4-3-5-7-11/h3-7,10,12,15H,8-9H2,1-2H3,(H,20,21). The van der Waals surface area contributed by atoms with Crippen LogP contribution in [-0.4, -0.2) is 37.3 Å². The van der Waals surface area contributed by atoms with Crippen LogP contribution >= 0.6 is 0 Å². The first kappa shape index (κ1) is 15.1. The third-order valence-corrected chi connectivity index (χ3v) is 3.05. The third-order valence-electron chi connectivity index (χ3n) is 3.05. The topological polar surface area (TPSA) is 92.9 Å². The lowest BCUT2D eigenvalue weighted by Gasteiger charge is -2.16. The highest BCUT2D eigenvalue weighted by Gasteiger charge is 2.19. The van der Waals surface area contributed by atoms with E-state index in [0.29, 0.717) is 24.7 Å². The minimum Gasteiger partial charge on any atom is -0.480 e. The molecule has 1 heterocycles. The van der Waals surface area contributed by atoms with Gasteiger partial charge in [-0.3, -0.25) is 10.1 Å². The molecule has 0 fully saturated rings. The maximum absolute atomic E-state index is 11.2. The zero-order chi connectivity index (χ0) is 15.2. The van der Waals surface area contributed by atoms with Crippen LogP contribution in [0.5, 0.6) is 0 Å². The first-order chi connectivity index (χ1) is 10.1. The van der Waals surface area contributed by atoms with E-state index < -0.39 is 12.0 Å². The Balaban J connectivity index is 2.07.